The van der Waals surface area contributed by atoms with E-state index < -0.39 is 6.17 Å². The normalized spacial score (nSPS) is 23.4. The van der Waals surface area contributed by atoms with Crippen molar-refractivity contribution in [3.05, 3.63) is 41.6 Å². The zero-order valence-corrected chi connectivity index (χ0v) is 9.07. The molecule has 16 heavy (non-hydrogen) atoms. The van der Waals surface area contributed by atoms with Gasteiger partial charge in [-0.15, -0.1) is 0 Å². The fourth-order valence-electron chi connectivity index (χ4n) is 1.88. The Hall–Kier alpha value is -1.64. The highest BCUT2D eigenvalue weighted by Gasteiger charge is 2.40. The van der Waals surface area contributed by atoms with Gasteiger partial charge < -0.3 is 0 Å². The average molecular weight is 216 g/mol. The second-order valence-electron chi connectivity index (χ2n) is 4.43. The van der Waals surface area contributed by atoms with Crippen LogP contribution in [0, 0.1) is 6.92 Å². The van der Waals surface area contributed by atoms with Crippen molar-refractivity contribution in [3.63, 3.8) is 0 Å². The predicted octanol–water partition coefficient (Wildman–Crippen LogP) is 3.21. The van der Waals surface area contributed by atoms with Crippen LogP contribution >= 0.6 is 0 Å². The van der Waals surface area contributed by atoms with Crippen LogP contribution in [-0.2, 0) is 0 Å². The number of halogens is 1. The molecule has 1 saturated carbocycles. The molecule has 0 saturated heterocycles. The summed E-state index contributed by atoms with van der Waals surface area (Å²) < 4.78 is 12.9. The maximum atomic E-state index is 12.9. The molecule has 0 spiro atoms. The minimum Gasteiger partial charge on any atom is -0.282 e. The Labute approximate surface area is 93.5 Å². The molecule has 82 valence electrons. The lowest BCUT2D eigenvalue weighted by Gasteiger charge is -1.96. The van der Waals surface area contributed by atoms with Crippen LogP contribution in [0.3, 0.4) is 0 Å². The summed E-state index contributed by atoms with van der Waals surface area (Å²) in [5.41, 5.74) is 4.12. The fraction of sp³-hybridized carbons (Fsp3) is 0.308. The van der Waals surface area contributed by atoms with Crippen LogP contribution in [0.25, 0.3) is 11.3 Å². The van der Waals surface area contributed by atoms with E-state index >= 15 is 0 Å². The molecule has 1 aliphatic carbocycles. The van der Waals surface area contributed by atoms with E-state index in [-0.39, 0.29) is 5.92 Å². The smallest absolute Gasteiger partial charge is 0.109 e. The number of aryl methyl sites for hydroxylation is 1. The third kappa shape index (κ3) is 1.62. The highest BCUT2D eigenvalue weighted by molar-refractivity contribution is 5.60. The molecule has 0 bridgehead atoms. The summed E-state index contributed by atoms with van der Waals surface area (Å²) in [6.07, 6.45) is -0.0403. The van der Waals surface area contributed by atoms with Gasteiger partial charge >= 0.3 is 0 Å². The summed E-state index contributed by atoms with van der Waals surface area (Å²) >= 11 is 0. The molecule has 3 rings (SSSR count). The Morgan fingerprint density at radius 1 is 1.31 bits per heavy atom. The van der Waals surface area contributed by atoms with Crippen LogP contribution < -0.4 is 0 Å². The van der Waals surface area contributed by atoms with E-state index in [1.54, 1.807) is 0 Å². The van der Waals surface area contributed by atoms with Crippen molar-refractivity contribution in [2.45, 2.75) is 25.4 Å². The number of rotatable bonds is 2. The number of nitrogens with zero attached hydrogens (tertiary/aromatic N) is 1. The summed E-state index contributed by atoms with van der Waals surface area (Å²) in [4.78, 5) is 0. The summed E-state index contributed by atoms with van der Waals surface area (Å²) in [5, 5.41) is 7.14. The molecule has 1 aliphatic rings. The van der Waals surface area contributed by atoms with Crippen molar-refractivity contribution in [2.75, 3.05) is 0 Å². The topological polar surface area (TPSA) is 28.7 Å². The van der Waals surface area contributed by atoms with Gasteiger partial charge in [-0.3, -0.25) is 5.10 Å². The second-order valence-corrected chi connectivity index (χ2v) is 4.43. The van der Waals surface area contributed by atoms with Crippen LogP contribution in [0.4, 0.5) is 4.39 Å². The van der Waals surface area contributed by atoms with Crippen molar-refractivity contribution in [2.24, 2.45) is 0 Å². The van der Waals surface area contributed by atoms with Crippen molar-refractivity contribution in [1.29, 1.82) is 0 Å². The van der Waals surface area contributed by atoms with Gasteiger partial charge in [0.15, 0.2) is 0 Å². The number of alkyl halides is 1. The summed E-state index contributed by atoms with van der Waals surface area (Å²) in [6.45, 7) is 2.05. The quantitative estimate of drug-likeness (QED) is 0.820. The Bertz CT molecular complexity index is 501. The molecule has 1 fully saturated rings. The number of aromatic nitrogens is 2. The number of aromatic amines is 1. The van der Waals surface area contributed by atoms with E-state index in [9.17, 15) is 4.39 Å². The third-order valence-corrected chi connectivity index (χ3v) is 3.06. The number of nitrogens with one attached hydrogen (secondary N) is 1. The largest absolute Gasteiger partial charge is 0.282 e. The first kappa shape index (κ1) is 9.58. The number of H-pyrrole nitrogens is 1. The molecule has 3 heteroatoms. The predicted molar refractivity (Wildman–Crippen MR) is 61.0 cm³/mol. The SMILES string of the molecule is Cc1ccc(-c2cc([C@@H]3C[C@H]3F)[nH]n2)cc1. The van der Waals surface area contributed by atoms with Crippen LogP contribution in [-0.4, -0.2) is 16.4 Å². The van der Waals surface area contributed by atoms with E-state index in [0.29, 0.717) is 6.42 Å². The Morgan fingerprint density at radius 2 is 2.00 bits per heavy atom. The van der Waals surface area contributed by atoms with E-state index in [2.05, 4.69) is 29.3 Å². The molecule has 1 N–H and O–H groups in total. The van der Waals surface area contributed by atoms with E-state index in [0.717, 1.165) is 17.0 Å². The van der Waals surface area contributed by atoms with Crippen LogP contribution in [0.2, 0.25) is 0 Å². The summed E-state index contributed by atoms with van der Waals surface area (Å²) in [7, 11) is 0. The minimum atomic E-state index is -0.675. The van der Waals surface area contributed by atoms with Gasteiger partial charge in [0.2, 0.25) is 0 Å². The zero-order valence-electron chi connectivity index (χ0n) is 9.07. The molecular weight excluding hydrogens is 203 g/mol. The van der Waals surface area contributed by atoms with Gasteiger partial charge in [0.05, 0.1) is 5.69 Å². The van der Waals surface area contributed by atoms with Crippen molar-refractivity contribution >= 4 is 0 Å². The number of benzene rings is 1. The molecule has 0 amide bonds. The maximum Gasteiger partial charge on any atom is 0.109 e. The molecule has 2 atom stereocenters. The fourth-order valence-corrected chi connectivity index (χ4v) is 1.88. The molecular formula is C13H13FN2. The third-order valence-electron chi connectivity index (χ3n) is 3.06. The highest BCUT2D eigenvalue weighted by atomic mass is 19.1. The van der Waals surface area contributed by atoms with Crippen molar-refractivity contribution in [1.82, 2.24) is 10.2 Å². The Kier molecular flexibility index (Phi) is 2.06. The van der Waals surface area contributed by atoms with Gasteiger partial charge in [-0.05, 0) is 19.4 Å². The molecule has 0 radical (unpaired) electrons. The van der Waals surface area contributed by atoms with Gasteiger partial charge in [0.25, 0.3) is 0 Å². The summed E-state index contributed by atoms with van der Waals surface area (Å²) in [6, 6.07) is 10.1. The molecule has 0 unspecified atom stereocenters. The van der Waals surface area contributed by atoms with Gasteiger partial charge in [0.1, 0.15) is 6.17 Å². The lowest BCUT2D eigenvalue weighted by Crippen LogP contribution is -1.81. The highest BCUT2D eigenvalue weighted by Crippen LogP contribution is 2.43. The summed E-state index contributed by atoms with van der Waals surface area (Å²) in [5.74, 6) is 0.0479. The lowest BCUT2D eigenvalue weighted by atomic mass is 10.1. The van der Waals surface area contributed by atoms with Gasteiger partial charge in [-0.2, -0.15) is 5.10 Å². The molecule has 0 aliphatic heterocycles. The number of hydrogen-bond donors (Lipinski definition) is 1. The maximum absolute atomic E-state index is 12.9. The molecule has 1 heterocycles. The van der Waals surface area contributed by atoms with Crippen molar-refractivity contribution < 1.29 is 4.39 Å². The van der Waals surface area contributed by atoms with E-state index in [1.807, 2.05) is 18.2 Å². The molecule has 1 aromatic heterocycles. The van der Waals surface area contributed by atoms with Crippen molar-refractivity contribution in [3.8, 4) is 11.3 Å². The van der Waals surface area contributed by atoms with E-state index in [4.69, 9.17) is 0 Å². The number of hydrogen-bond acceptors (Lipinski definition) is 1. The van der Waals surface area contributed by atoms with Crippen LogP contribution in [0.15, 0.2) is 30.3 Å². The van der Waals surface area contributed by atoms with E-state index in [1.165, 1.54) is 5.56 Å². The van der Waals surface area contributed by atoms with Gasteiger partial charge in [-0.1, -0.05) is 29.8 Å². The molecule has 1 aromatic carbocycles. The van der Waals surface area contributed by atoms with Crippen LogP contribution in [0.1, 0.15) is 23.6 Å². The van der Waals surface area contributed by atoms with Gasteiger partial charge in [-0.25, -0.2) is 4.39 Å². The van der Waals surface area contributed by atoms with Gasteiger partial charge in [0, 0.05) is 17.2 Å². The lowest BCUT2D eigenvalue weighted by molar-refractivity contribution is 0.466. The molecule has 2 aromatic rings. The average Bonchev–Trinajstić information content (AvgIpc) is 2.82. The monoisotopic (exact) mass is 216 g/mol. The van der Waals surface area contributed by atoms with Crippen LogP contribution in [0.5, 0.6) is 0 Å². The molecule has 2 nitrogen and oxygen atoms in total. The second kappa shape index (κ2) is 3.44. The Balaban J connectivity index is 1.89. The minimum absolute atomic E-state index is 0.0479. The zero-order chi connectivity index (χ0) is 11.1. The first-order valence-corrected chi connectivity index (χ1v) is 5.50. The first-order chi connectivity index (χ1) is 7.74. The first-order valence-electron chi connectivity index (χ1n) is 5.50. The Morgan fingerprint density at radius 3 is 2.62 bits per heavy atom. The standard InChI is InChI=1S/C13H13FN2/c1-8-2-4-9(5-3-8)12-7-13(16-15-12)10-6-11(10)14/h2-5,7,10-11H,6H2,1H3,(H,15,16)/t10-,11-/m1/s1.